The van der Waals surface area contributed by atoms with E-state index >= 15 is 0 Å². The van der Waals surface area contributed by atoms with E-state index in [0.717, 1.165) is 70.6 Å². The van der Waals surface area contributed by atoms with E-state index in [0.29, 0.717) is 12.8 Å². The number of carbonyl (C=O) groups is 3. The Morgan fingerprint density at radius 3 is 1.20 bits per heavy atom. The fourth-order valence-electron chi connectivity index (χ4n) is 8.77. The third kappa shape index (κ3) is 50.0. The first-order chi connectivity index (χ1) is 33.6. The predicted molar refractivity (Wildman–Crippen MR) is 291 cm³/mol. The zero-order valence-electron chi connectivity index (χ0n) is 46.0. The third-order valence-electron chi connectivity index (χ3n) is 13.2. The Morgan fingerprint density at radius 1 is 0.449 bits per heavy atom. The summed E-state index contributed by atoms with van der Waals surface area (Å²) in [7, 11) is 5.43. The van der Waals surface area contributed by atoms with Gasteiger partial charge in [0.1, 0.15) is 12.6 Å². The molecule has 2 atom stereocenters. The molecule has 0 aliphatic carbocycles. The number of hydrogen-bond acceptors (Lipinski definition) is 7. The van der Waals surface area contributed by atoms with E-state index in [1.165, 1.54) is 167 Å². The van der Waals surface area contributed by atoms with Gasteiger partial charge >= 0.3 is 11.9 Å². The molecule has 0 aromatic heterocycles. The molecular weight excluding hydrogens is 859 g/mol. The Balaban J connectivity index is 4.14. The number of quaternary nitrogens is 1. The maximum atomic E-state index is 12.8. The minimum atomic E-state index is -1.12. The number of hydrogen-bond donors (Lipinski definition) is 0. The second kappa shape index (κ2) is 51.6. The molecule has 0 fully saturated rings. The Hall–Kier alpha value is -2.71. The van der Waals surface area contributed by atoms with Crippen molar-refractivity contribution in [1.82, 2.24) is 0 Å². The number of rotatable bonds is 53. The van der Waals surface area contributed by atoms with Crippen LogP contribution in [0.5, 0.6) is 0 Å². The highest BCUT2D eigenvalue weighted by Crippen LogP contribution is 2.17. The van der Waals surface area contributed by atoms with E-state index in [4.69, 9.17) is 14.2 Å². The maximum absolute atomic E-state index is 12.8. The van der Waals surface area contributed by atoms with Crippen molar-refractivity contribution in [1.29, 1.82) is 0 Å². The molecule has 0 rings (SSSR count). The highest BCUT2D eigenvalue weighted by atomic mass is 16.6. The molecule has 402 valence electrons. The van der Waals surface area contributed by atoms with E-state index in [9.17, 15) is 19.5 Å². The lowest BCUT2D eigenvalue weighted by Crippen LogP contribution is -2.55. The van der Waals surface area contributed by atoms with Crippen molar-refractivity contribution in [3.8, 4) is 0 Å². The predicted octanol–water partition coefficient (Wildman–Crippen LogP) is 16.2. The van der Waals surface area contributed by atoms with Crippen LogP contribution in [0.3, 0.4) is 0 Å². The van der Waals surface area contributed by atoms with Gasteiger partial charge in [-0.25, -0.2) is 0 Å². The Labute approximate surface area is 426 Å². The molecule has 8 heteroatoms. The molecule has 2 unspecified atom stereocenters. The summed E-state index contributed by atoms with van der Waals surface area (Å²) < 4.78 is 17.3. The quantitative estimate of drug-likeness (QED) is 0.0259. The van der Waals surface area contributed by atoms with Gasteiger partial charge in [0.15, 0.2) is 6.10 Å². The second-order valence-electron chi connectivity index (χ2n) is 20.9. The molecule has 0 aliphatic heterocycles. The Kier molecular flexibility index (Phi) is 49.6. The van der Waals surface area contributed by atoms with Gasteiger partial charge in [-0.1, -0.05) is 249 Å². The van der Waals surface area contributed by atoms with Crippen LogP contribution in [-0.4, -0.2) is 75.5 Å². The van der Waals surface area contributed by atoms with Crippen LogP contribution in [0.25, 0.3) is 0 Å². The van der Waals surface area contributed by atoms with E-state index in [2.05, 4.69) is 62.5 Å². The molecule has 8 nitrogen and oxygen atoms in total. The first-order valence-corrected chi connectivity index (χ1v) is 29.2. The standard InChI is InChI=1S/C61H111NO7/c1-6-8-10-12-14-16-18-20-22-24-26-28-29-30-32-33-35-37-39-41-43-45-47-49-51-59(63)68-56-57(55-67-54-53-58(61(65)66)62(3,4)5)69-60(64)52-50-48-46-44-42-40-38-36-34-31-27-25-23-21-19-17-15-13-11-9-7-2/h9,11,15,17,21,23,27,31,57-58H,6-8,10,12-14,16,18-20,22,24-26,28-30,32-56H2,1-5H3/b11-9-,17-15-,23-21-,31-27-. The Bertz CT molecular complexity index is 1270. The van der Waals surface area contributed by atoms with Crippen LogP contribution >= 0.6 is 0 Å². The van der Waals surface area contributed by atoms with E-state index in [1.807, 2.05) is 21.1 Å². The van der Waals surface area contributed by atoms with Gasteiger partial charge in [-0.2, -0.15) is 0 Å². The van der Waals surface area contributed by atoms with Crippen molar-refractivity contribution in [2.24, 2.45) is 0 Å². The number of carboxylic acids is 1. The molecular formula is C61H111NO7. The molecule has 0 amide bonds. The van der Waals surface area contributed by atoms with Gasteiger partial charge < -0.3 is 28.6 Å². The molecule has 0 spiro atoms. The summed E-state index contributed by atoms with van der Waals surface area (Å²) in [6, 6.07) is -0.728. The lowest BCUT2D eigenvalue weighted by atomic mass is 10.0. The smallest absolute Gasteiger partial charge is 0.306 e. The van der Waals surface area contributed by atoms with Crippen molar-refractivity contribution in [2.45, 2.75) is 283 Å². The number of allylic oxidation sites excluding steroid dienone is 8. The number of aliphatic carboxylic acids is 1. The highest BCUT2D eigenvalue weighted by Gasteiger charge is 2.25. The summed E-state index contributed by atoms with van der Waals surface area (Å²) in [5.41, 5.74) is 0. The second-order valence-corrected chi connectivity index (χ2v) is 20.9. The van der Waals surface area contributed by atoms with Crippen molar-refractivity contribution in [2.75, 3.05) is 41.0 Å². The number of likely N-dealkylation sites (N-methyl/N-ethyl adjacent to an activating group) is 1. The summed E-state index contributed by atoms with van der Waals surface area (Å²) in [6.07, 6.45) is 64.4. The van der Waals surface area contributed by atoms with Gasteiger partial charge in [0.05, 0.1) is 40.3 Å². The molecule has 0 aromatic rings. The van der Waals surface area contributed by atoms with E-state index in [-0.39, 0.29) is 42.7 Å². The van der Waals surface area contributed by atoms with Crippen LogP contribution in [0.2, 0.25) is 0 Å². The SMILES string of the molecule is CC/C=C\C/C=C\C/C=C\C/C=C\CCCCCCCCCCC(=O)OC(COCCC(C(=O)[O-])[N+](C)(C)C)COC(=O)CCCCCCCCCCCCCCCCCCCCCCCCCC. The normalized spacial score (nSPS) is 13.1. The highest BCUT2D eigenvalue weighted by molar-refractivity contribution is 5.70. The first-order valence-electron chi connectivity index (χ1n) is 29.2. The Morgan fingerprint density at radius 2 is 0.812 bits per heavy atom. The van der Waals surface area contributed by atoms with Crippen molar-refractivity contribution in [3.05, 3.63) is 48.6 Å². The van der Waals surface area contributed by atoms with Crippen LogP contribution in [0.1, 0.15) is 271 Å². The third-order valence-corrected chi connectivity index (χ3v) is 13.2. The first kappa shape index (κ1) is 66.3. The number of unbranched alkanes of at least 4 members (excludes halogenated alkanes) is 31. The number of nitrogens with zero attached hydrogens (tertiary/aromatic N) is 1. The number of carboxylic acid groups (broad SMARTS) is 1. The van der Waals surface area contributed by atoms with Crippen LogP contribution in [0.4, 0.5) is 0 Å². The zero-order valence-corrected chi connectivity index (χ0v) is 46.0. The van der Waals surface area contributed by atoms with Crippen molar-refractivity contribution >= 4 is 17.9 Å². The molecule has 0 heterocycles. The monoisotopic (exact) mass is 970 g/mol. The largest absolute Gasteiger partial charge is 0.544 e. The summed E-state index contributed by atoms with van der Waals surface area (Å²) in [4.78, 5) is 37.2. The van der Waals surface area contributed by atoms with Crippen LogP contribution in [0, 0.1) is 0 Å². The van der Waals surface area contributed by atoms with Crippen molar-refractivity contribution < 1.29 is 38.2 Å². The summed E-state index contributed by atoms with van der Waals surface area (Å²) in [5.74, 6) is -1.73. The molecule has 0 bridgehead atoms. The average molecular weight is 971 g/mol. The number of ether oxygens (including phenoxy) is 3. The van der Waals surface area contributed by atoms with E-state index in [1.54, 1.807) is 0 Å². The van der Waals surface area contributed by atoms with Gasteiger partial charge in [0, 0.05) is 19.3 Å². The number of esters is 2. The van der Waals surface area contributed by atoms with E-state index < -0.39 is 18.1 Å². The minimum Gasteiger partial charge on any atom is -0.544 e. The average Bonchev–Trinajstić information content (AvgIpc) is 3.31. The fraction of sp³-hybridized carbons (Fsp3) is 0.820. The molecule has 0 aliphatic rings. The summed E-state index contributed by atoms with van der Waals surface area (Å²) in [6.45, 7) is 4.59. The van der Waals surface area contributed by atoms with Crippen molar-refractivity contribution in [3.63, 3.8) is 0 Å². The zero-order chi connectivity index (χ0) is 50.6. The molecule has 69 heavy (non-hydrogen) atoms. The molecule has 0 N–H and O–H groups in total. The lowest BCUT2D eigenvalue weighted by molar-refractivity contribution is -0.889. The van der Waals surface area contributed by atoms with Crippen LogP contribution in [-0.2, 0) is 28.6 Å². The van der Waals surface area contributed by atoms with Crippen LogP contribution < -0.4 is 5.11 Å². The summed E-state index contributed by atoms with van der Waals surface area (Å²) in [5, 5.41) is 11.7. The molecule has 0 saturated carbocycles. The molecule has 0 aromatic carbocycles. The maximum Gasteiger partial charge on any atom is 0.306 e. The number of carbonyl (C=O) groups excluding carboxylic acids is 3. The summed E-state index contributed by atoms with van der Waals surface area (Å²) >= 11 is 0. The lowest BCUT2D eigenvalue weighted by Gasteiger charge is -2.34. The topological polar surface area (TPSA) is 102 Å². The minimum absolute atomic E-state index is 0.0394. The molecule has 0 radical (unpaired) electrons. The van der Waals surface area contributed by atoms with Gasteiger partial charge in [-0.3, -0.25) is 9.59 Å². The fourth-order valence-corrected chi connectivity index (χ4v) is 8.77. The van der Waals surface area contributed by atoms with Crippen LogP contribution in [0.15, 0.2) is 48.6 Å². The van der Waals surface area contributed by atoms with Gasteiger partial charge in [-0.15, -0.1) is 0 Å². The van der Waals surface area contributed by atoms with Gasteiger partial charge in [0.25, 0.3) is 0 Å². The van der Waals surface area contributed by atoms with Gasteiger partial charge in [0.2, 0.25) is 0 Å². The van der Waals surface area contributed by atoms with Gasteiger partial charge in [-0.05, 0) is 51.4 Å². The molecule has 0 saturated heterocycles.